The minimum atomic E-state index is -0.489. The molecule has 0 radical (unpaired) electrons. The van der Waals surface area contributed by atoms with Crippen molar-refractivity contribution in [2.24, 2.45) is 11.1 Å². The SMILES string of the molecule is CC(C)(C)C(=O)N1CCC(N)CC1=O. The molecule has 1 saturated heterocycles. The van der Waals surface area contributed by atoms with Crippen LogP contribution in [-0.4, -0.2) is 29.3 Å². The molecule has 0 aromatic carbocycles. The van der Waals surface area contributed by atoms with Gasteiger partial charge in [-0.15, -0.1) is 0 Å². The van der Waals surface area contributed by atoms with Crippen LogP contribution < -0.4 is 5.73 Å². The normalized spacial score (nSPS) is 23.9. The summed E-state index contributed by atoms with van der Waals surface area (Å²) in [5.41, 5.74) is 5.15. The molecule has 2 amide bonds. The van der Waals surface area contributed by atoms with Gasteiger partial charge < -0.3 is 5.73 Å². The Hall–Kier alpha value is -0.900. The number of hydrogen-bond acceptors (Lipinski definition) is 3. The highest BCUT2D eigenvalue weighted by molar-refractivity contribution is 5.98. The molecule has 80 valence electrons. The summed E-state index contributed by atoms with van der Waals surface area (Å²) >= 11 is 0. The van der Waals surface area contributed by atoms with Crippen LogP contribution in [0.5, 0.6) is 0 Å². The van der Waals surface area contributed by atoms with Gasteiger partial charge in [0.25, 0.3) is 0 Å². The van der Waals surface area contributed by atoms with E-state index >= 15 is 0 Å². The van der Waals surface area contributed by atoms with Crippen LogP contribution in [-0.2, 0) is 9.59 Å². The number of carbonyl (C=O) groups is 2. The van der Waals surface area contributed by atoms with Crippen molar-refractivity contribution in [2.75, 3.05) is 6.54 Å². The molecule has 4 heteroatoms. The molecule has 4 nitrogen and oxygen atoms in total. The molecule has 0 bridgehead atoms. The summed E-state index contributed by atoms with van der Waals surface area (Å²) in [4.78, 5) is 24.7. The van der Waals surface area contributed by atoms with E-state index in [2.05, 4.69) is 0 Å². The zero-order valence-corrected chi connectivity index (χ0v) is 9.04. The Morgan fingerprint density at radius 1 is 1.50 bits per heavy atom. The number of imide groups is 1. The lowest BCUT2D eigenvalue weighted by Crippen LogP contribution is -2.50. The Balaban J connectivity index is 2.70. The second-order valence-electron chi connectivity index (χ2n) is 4.85. The second kappa shape index (κ2) is 3.69. The van der Waals surface area contributed by atoms with Gasteiger partial charge in [-0.1, -0.05) is 20.8 Å². The van der Waals surface area contributed by atoms with Crippen molar-refractivity contribution in [1.82, 2.24) is 4.90 Å². The second-order valence-corrected chi connectivity index (χ2v) is 4.85. The largest absolute Gasteiger partial charge is 0.327 e. The van der Waals surface area contributed by atoms with Crippen molar-refractivity contribution in [3.05, 3.63) is 0 Å². The first kappa shape index (κ1) is 11.2. The van der Waals surface area contributed by atoms with E-state index in [1.165, 1.54) is 4.90 Å². The number of carbonyl (C=O) groups excluding carboxylic acids is 2. The zero-order chi connectivity index (χ0) is 10.9. The monoisotopic (exact) mass is 198 g/mol. The van der Waals surface area contributed by atoms with Gasteiger partial charge in [-0.25, -0.2) is 0 Å². The van der Waals surface area contributed by atoms with E-state index in [9.17, 15) is 9.59 Å². The Morgan fingerprint density at radius 3 is 2.50 bits per heavy atom. The first-order valence-corrected chi connectivity index (χ1v) is 4.93. The predicted octanol–water partition coefficient (Wildman–Crippen LogP) is 0.509. The van der Waals surface area contributed by atoms with Gasteiger partial charge in [0.15, 0.2) is 0 Å². The van der Waals surface area contributed by atoms with Crippen molar-refractivity contribution in [2.45, 2.75) is 39.7 Å². The van der Waals surface area contributed by atoms with E-state index in [-0.39, 0.29) is 17.9 Å². The fourth-order valence-corrected chi connectivity index (χ4v) is 1.48. The summed E-state index contributed by atoms with van der Waals surface area (Å²) in [5, 5.41) is 0. The number of piperidine rings is 1. The van der Waals surface area contributed by atoms with Crippen molar-refractivity contribution in [1.29, 1.82) is 0 Å². The van der Waals surface area contributed by atoms with Crippen LogP contribution in [0.15, 0.2) is 0 Å². The van der Waals surface area contributed by atoms with Gasteiger partial charge >= 0.3 is 0 Å². The third-order valence-corrected chi connectivity index (χ3v) is 2.35. The summed E-state index contributed by atoms with van der Waals surface area (Å²) in [5.74, 6) is -0.238. The molecule has 1 rings (SSSR count). The summed E-state index contributed by atoms with van der Waals surface area (Å²) in [7, 11) is 0. The summed E-state index contributed by atoms with van der Waals surface area (Å²) in [6, 6.07) is -0.0773. The van der Waals surface area contributed by atoms with E-state index < -0.39 is 5.41 Å². The van der Waals surface area contributed by atoms with Crippen molar-refractivity contribution < 1.29 is 9.59 Å². The quantitative estimate of drug-likeness (QED) is 0.616. The van der Waals surface area contributed by atoms with Crippen LogP contribution in [0.25, 0.3) is 0 Å². The number of rotatable bonds is 0. The first-order chi connectivity index (χ1) is 6.32. The van der Waals surface area contributed by atoms with Crippen LogP contribution in [0.4, 0.5) is 0 Å². The third-order valence-electron chi connectivity index (χ3n) is 2.35. The standard InChI is InChI=1S/C10H18N2O2/c1-10(2,3)9(14)12-5-4-7(11)6-8(12)13/h7H,4-6,11H2,1-3H3. The lowest BCUT2D eigenvalue weighted by Gasteiger charge is -2.32. The van der Waals surface area contributed by atoms with Gasteiger partial charge in [-0.3, -0.25) is 14.5 Å². The minimum absolute atomic E-state index is 0.0773. The highest BCUT2D eigenvalue weighted by Gasteiger charge is 2.34. The lowest BCUT2D eigenvalue weighted by atomic mass is 9.93. The van der Waals surface area contributed by atoms with Crippen molar-refractivity contribution in [3.8, 4) is 0 Å². The molecule has 0 aromatic heterocycles. The molecule has 1 aliphatic heterocycles. The lowest BCUT2D eigenvalue weighted by molar-refractivity contribution is -0.152. The predicted molar refractivity (Wildman–Crippen MR) is 53.4 cm³/mol. The molecular formula is C10H18N2O2. The maximum atomic E-state index is 11.8. The molecule has 1 fully saturated rings. The molecule has 0 saturated carbocycles. The number of nitrogens with zero attached hydrogens (tertiary/aromatic N) is 1. The summed E-state index contributed by atoms with van der Waals surface area (Å²) < 4.78 is 0. The van der Waals surface area contributed by atoms with Crippen LogP contribution in [0.2, 0.25) is 0 Å². The maximum Gasteiger partial charge on any atom is 0.234 e. The Kier molecular flexibility index (Phi) is 2.95. The van der Waals surface area contributed by atoms with Crippen LogP contribution in [0, 0.1) is 5.41 Å². The molecule has 14 heavy (non-hydrogen) atoms. The van der Waals surface area contributed by atoms with Crippen molar-refractivity contribution in [3.63, 3.8) is 0 Å². The molecule has 1 heterocycles. The molecule has 1 unspecified atom stereocenters. The Bertz CT molecular complexity index is 255. The highest BCUT2D eigenvalue weighted by atomic mass is 16.2. The fraction of sp³-hybridized carbons (Fsp3) is 0.800. The third kappa shape index (κ3) is 2.32. The average molecular weight is 198 g/mol. The minimum Gasteiger partial charge on any atom is -0.327 e. The molecular weight excluding hydrogens is 180 g/mol. The number of likely N-dealkylation sites (tertiary alicyclic amines) is 1. The Labute approximate surface area is 84.4 Å². The fourth-order valence-electron chi connectivity index (χ4n) is 1.48. The van der Waals surface area contributed by atoms with Gasteiger partial charge in [0.2, 0.25) is 11.8 Å². The molecule has 1 atom stereocenters. The smallest absolute Gasteiger partial charge is 0.234 e. The molecule has 0 aromatic rings. The number of nitrogens with two attached hydrogens (primary N) is 1. The maximum absolute atomic E-state index is 11.8. The first-order valence-electron chi connectivity index (χ1n) is 4.93. The van der Waals surface area contributed by atoms with Crippen LogP contribution in [0.1, 0.15) is 33.6 Å². The van der Waals surface area contributed by atoms with Gasteiger partial charge in [-0.2, -0.15) is 0 Å². The van der Waals surface area contributed by atoms with E-state index in [1.807, 2.05) is 20.8 Å². The average Bonchev–Trinajstić information content (AvgIpc) is 2.01. The highest BCUT2D eigenvalue weighted by Crippen LogP contribution is 2.21. The van der Waals surface area contributed by atoms with E-state index in [0.29, 0.717) is 19.4 Å². The molecule has 0 spiro atoms. The topological polar surface area (TPSA) is 63.4 Å². The molecule has 2 N–H and O–H groups in total. The summed E-state index contributed by atoms with van der Waals surface area (Å²) in [6.07, 6.45) is 1.01. The zero-order valence-electron chi connectivity index (χ0n) is 9.04. The van der Waals surface area contributed by atoms with Crippen LogP contribution in [0.3, 0.4) is 0 Å². The Morgan fingerprint density at radius 2 is 2.07 bits per heavy atom. The van der Waals surface area contributed by atoms with Gasteiger partial charge in [0, 0.05) is 24.4 Å². The van der Waals surface area contributed by atoms with E-state index in [0.717, 1.165) is 0 Å². The van der Waals surface area contributed by atoms with Gasteiger partial charge in [-0.05, 0) is 6.42 Å². The number of amides is 2. The van der Waals surface area contributed by atoms with E-state index in [4.69, 9.17) is 5.73 Å². The van der Waals surface area contributed by atoms with Crippen molar-refractivity contribution >= 4 is 11.8 Å². The van der Waals surface area contributed by atoms with Crippen LogP contribution >= 0.6 is 0 Å². The number of hydrogen-bond donors (Lipinski definition) is 1. The molecule has 0 aliphatic carbocycles. The molecule has 1 aliphatic rings. The van der Waals surface area contributed by atoms with Gasteiger partial charge in [0.1, 0.15) is 0 Å². The summed E-state index contributed by atoms with van der Waals surface area (Å²) in [6.45, 7) is 5.92. The van der Waals surface area contributed by atoms with Gasteiger partial charge in [0.05, 0.1) is 0 Å². The van der Waals surface area contributed by atoms with E-state index in [1.54, 1.807) is 0 Å².